The monoisotopic (exact) mass is 236 g/mol. The van der Waals surface area contributed by atoms with E-state index in [4.69, 9.17) is 11.6 Å². The van der Waals surface area contributed by atoms with Crippen molar-refractivity contribution in [3.63, 3.8) is 0 Å². The van der Waals surface area contributed by atoms with Crippen molar-refractivity contribution in [1.82, 2.24) is 0 Å². The topological polar surface area (TPSA) is 17.1 Å². The molecule has 2 rings (SSSR count). The van der Waals surface area contributed by atoms with Crippen LogP contribution >= 0.6 is 11.6 Å². The molecule has 16 heavy (non-hydrogen) atoms. The van der Waals surface area contributed by atoms with Gasteiger partial charge in [-0.15, -0.1) is 0 Å². The Morgan fingerprint density at radius 1 is 1.31 bits per heavy atom. The SMILES string of the molecule is O=C1CCCCC(Cc2cccc(Cl)c2)C1. The molecule has 1 aromatic carbocycles. The van der Waals surface area contributed by atoms with Crippen LogP contribution in [-0.4, -0.2) is 5.78 Å². The van der Waals surface area contributed by atoms with Crippen molar-refractivity contribution >= 4 is 17.4 Å². The highest BCUT2D eigenvalue weighted by molar-refractivity contribution is 6.30. The molecule has 1 unspecified atom stereocenters. The van der Waals surface area contributed by atoms with Gasteiger partial charge < -0.3 is 0 Å². The van der Waals surface area contributed by atoms with Crippen LogP contribution in [0.5, 0.6) is 0 Å². The van der Waals surface area contributed by atoms with Crippen molar-refractivity contribution < 1.29 is 4.79 Å². The van der Waals surface area contributed by atoms with E-state index in [1.54, 1.807) is 0 Å². The van der Waals surface area contributed by atoms with Crippen LogP contribution in [0.4, 0.5) is 0 Å². The zero-order valence-electron chi connectivity index (χ0n) is 9.42. The van der Waals surface area contributed by atoms with Crippen LogP contribution in [0, 0.1) is 5.92 Å². The molecule has 0 spiro atoms. The van der Waals surface area contributed by atoms with Gasteiger partial charge in [-0.25, -0.2) is 0 Å². The second-order valence-electron chi connectivity index (χ2n) is 4.69. The van der Waals surface area contributed by atoms with Gasteiger partial charge in [-0.3, -0.25) is 4.79 Å². The summed E-state index contributed by atoms with van der Waals surface area (Å²) in [7, 11) is 0. The fourth-order valence-corrected chi connectivity index (χ4v) is 2.67. The van der Waals surface area contributed by atoms with Gasteiger partial charge >= 0.3 is 0 Å². The summed E-state index contributed by atoms with van der Waals surface area (Å²) in [6.45, 7) is 0. The molecule has 1 aliphatic carbocycles. The Morgan fingerprint density at radius 3 is 3.00 bits per heavy atom. The van der Waals surface area contributed by atoms with Crippen LogP contribution in [-0.2, 0) is 11.2 Å². The molecule has 86 valence electrons. The van der Waals surface area contributed by atoms with E-state index in [0.717, 1.165) is 30.7 Å². The molecule has 1 atom stereocenters. The second kappa shape index (κ2) is 5.49. The van der Waals surface area contributed by atoms with E-state index in [0.29, 0.717) is 11.7 Å². The average molecular weight is 237 g/mol. The Morgan fingerprint density at radius 2 is 2.19 bits per heavy atom. The van der Waals surface area contributed by atoms with Gasteiger partial charge in [-0.2, -0.15) is 0 Å². The molecular weight excluding hydrogens is 220 g/mol. The van der Waals surface area contributed by atoms with Crippen LogP contribution in [0.25, 0.3) is 0 Å². The average Bonchev–Trinajstić information content (AvgIpc) is 2.43. The van der Waals surface area contributed by atoms with Crippen molar-refractivity contribution in [2.24, 2.45) is 5.92 Å². The predicted molar refractivity (Wildman–Crippen MR) is 66.7 cm³/mol. The first-order valence-corrected chi connectivity index (χ1v) is 6.38. The summed E-state index contributed by atoms with van der Waals surface area (Å²) in [6, 6.07) is 7.98. The number of carbonyl (C=O) groups is 1. The minimum absolute atomic E-state index is 0.435. The predicted octanol–water partition coefficient (Wildman–Crippen LogP) is 4.03. The minimum atomic E-state index is 0.435. The van der Waals surface area contributed by atoms with E-state index in [1.165, 1.54) is 18.4 Å². The maximum Gasteiger partial charge on any atom is 0.133 e. The Balaban J connectivity index is 2.00. The van der Waals surface area contributed by atoms with Gasteiger partial charge in [-0.1, -0.05) is 30.2 Å². The highest BCUT2D eigenvalue weighted by atomic mass is 35.5. The standard InChI is InChI=1S/C14H17ClO/c15-13-6-3-5-11(9-13)8-12-4-1-2-7-14(16)10-12/h3,5-6,9,12H,1-2,4,7-8,10H2. The van der Waals surface area contributed by atoms with Crippen molar-refractivity contribution in [2.75, 3.05) is 0 Å². The Labute approximate surface area is 102 Å². The third kappa shape index (κ3) is 3.34. The quantitative estimate of drug-likeness (QED) is 0.709. The summed E-state index contributed by atoms with van der Waals surface area (Å²) < 4.78 is 0. The molecule has 1 fully saturated rings. The Hall–Kier alpha value is -0.820. The fraction of sp³-hybridized carbons (Fsp3) is 0.500. The van der Waals surface area contributed by atoms with Gasteiger partial charge in [0.2, 0.25) is 0 Å². The lowest BCUT2D eigenvalue weighted by molar-refractivity contribution is -0.119. The highest BCUT2D eigenvalue weighted by Crippen LogP contribution is 2.25. The van der Waals surface area contributed by atoms with Crippen molar-refractivity contribution in [2.45, 2.75) is 38.5 Å². The molecule has 1 saturated carbocycles. The van der Waals surface area contributed by atoms with E-state index in [1.807, 2.05) is 18.2 Å². The van der Waals surface area contributed by atoms with E-state index < -0.39 is 0 Å². The van der Waals surface area contributed by atoms with Gasteiger partial charge in [0, 0.05) is 17.9 Å². The first-order chi connectivity index (χ1) is 7.74. The summed E-state index contributed by atoms with van der Waals surface area (Å²) >= 11 is 5.96. The summed E-state index contributed by atoms with van der Waals surface area (Å²) in [5.41, 5.74) is 1.26. The summed E-state index contributed by atoms with van der Waals surface area (Å²) in [5, 5.41) is 0.789. The lowest BCUT2D eigenvalue weighted by Gasteiger charge is -2.13. The molecule has 0 aliphatic heterocycles. The zero-order valence-corrected chi connectivity index (χ0v) is 10.2. The third-order valence-corrected chi connectivity index (χ3v) is 3.48. The molecule has 2 heteroatoms. The summed E-state index contributed by atoms with van der Waals surface area (Å²) in [5.74, 6) is 0.956. The molecular formula is C14H17ClO. The molecule has 0 heterocycles. The second-order valence-corrected chi connectivity index (χ2v) is 5.13. The maximum atomic E-state index is 11.5. The van der Waals surface area contributed by atoms with Gasteiger partial charge in [0.1, 0.15) is 5.78 Å². The summed E-state index contributed by atoms with van der Waals surface area (Å²) in [6.07, 6.45) is 5.98. The van der Waals surface area contributed by atoms with E-state index in [-0.39, 0.29) is 0 Å². The lowest BCUT2D eigenvalue weighted by Crippen LogP contribution is -2.08. The van der Waals surface area contributed by atoms with Gasteiger partial charge in [-0.05, 0) is 42.9 Å². The number of rotatable bonds is 2. The smallest absolute Gasteiger partial charge is 0.133 e. The van der Waals surface area contributed by atoms with Crippen molar-refractivity contribution in [1.29, 1.82) is 0 Å². The number of carbonyl (C=O) groups excluding carboxylic acids is 1. The number of Topliss-reactive ketones (excluding diaryl/α,β-unsaturated/α-hetero) is 1. The van der Waals surface area contributed by atoms with E-state index in [9.17, 15) is 4.79 Å². The fourth-order valence-electron chi connectivity index (χ4n) is 2.45. The highest BCUT2D eigenvalue weighted by Gasteiger charge is 2.17. The lowest BCUT2D eigenvalue weighted by atomic mass is 9.92. The van der Waals surface area contributed by atoms with Crippen LogP contribution < -0.4 is 0 Å². The molecule has 0 radical (unpaired) electrons. The number of hydrogen-bond donors (Lipinski definition) is 0. The van der Waals surface area contributed by atoms with Gasteiger partial charge in [0.05, 0.1) is 0 Å². The molecule has 1 aliphatic rings. The molecule has 0 N–H and O–H groups in total. The van der Waals surface area contributed by atoms with Crippen molar-refractivity contribution in [3.8, 4) is 0 Å². The Bertz CT molecular complexity index is 373. The largest absolute Gasteiger partial charge is 0.300 e. The number of benzene rings is 1. The molecule has 1 aromatic rings. The minimum Gasteiger partial charge on any atom is -0.300 e. The first kappa shape index (κ1) is 11.7. The van der Waals surface area contributed by atoms with Crippen LogP contribution in [0.2, 0.25) is 5.02 Å². The van der Waals surface area contributed by atoms with Crippen molar-refractivity contribution in [3.05, 3.63) is 34.9 Å². The molecule has 0 amide bonds. The summed E-state index contributed by atoms with van der Waals surface area (Å²) in [4.78, 5) is 11.5. The molecule has 0 aromatic heterocycles. The normalized spacial score (nSPS) is 21.8. The number of halogens is 1. The molecule has 0 bridgehead atoms. The van der Waals surface area contributed by atoms with E-state index >= 15 is 0 Å². The maximum absolute atomic E-state index is 11.5. The van der Waals surface area contributed by atoms with Gasteiger partial charge in [0.15, 0.2) is 0 Å². The molecule has 0 saturated heterocycles. The Kier molecular flexibility index (Phi) is 4.00. The zero-order chi connectivity index (χ0) is 11.4. The van der Waals surface area contributed by atoms with E-state index in [2.05, 4.69) is 6.07 Å². The molecule has 1 nitrogen and oxygen atoms in total. The third-order valence-electron chi connectivity index (χ3n) is 3.25. The number of hydrogen-bond acceptors (Lipinski definition) is 1. The van der Waals surface area contributed by atoms with Crippen LogP contribution in [0.15, 0.2) is 24.3 Å². The van der Waals surface area contributed by atoms with Crippen LogP contribution in [0.3, 0.4) is 0 Å². The first-order valence-electron chi connectivity index (χ1n) is 6.00. The van der Waals surface area contributed by atoms with Gasteiger partial charge in [0.25, 0.3) is 0 Å². The number of ketones is 1. The van der Waals surface area contributed by atoms with Crippen LogP contribution in [0.1, 0.15) is 37.7 Å².